The molecule has 1 aliphatic heterocycles. The first-order valence-corrected chi connectivity index (χ1v) is 11.6. The van der Waals surface area contributed by atoms with Crippen LogP contribution in [0.5, 0.6) is 0 Å². The number of hydrogen-bond donors (Lipinski definition) is 1. The molecule has 1 fully saturated rings. The summed E-state index contributed by atoms with van der Waals surface area (Å²) in [6, 6.07) is -0.107. The van der Waals surface area contributed by atoms with Gasteiger partial charge in [-0.1, -0.05) is 44.1 Å². The summed E-state index contributed by atoms with van der Waals surface area (Å²) in [5, 5.41) is 3.15. The zero-order valence-corrected chi connectivity index (χ0v) is 19.9. The van der Waals surface area contributed by atoms with Gasteiger partial charge in [-0.25, -0.2) is 0 Å². The van der Waals surface area contributed by atoms with E-state index in [0.717, 1.165) is 12.0 Å². The van der Waals surface area contributed by atoms with Crippen molar-refractivity contribution in [1.82, 2.24) is 5.32 Å². The first kappa shape index (κ1) is 24.1. The van der Waals surface area contributed by atoms with Gasteiger partial charge in [-0.05, 0) is 57.1 Å². The van der Waals surface area contributed by atoms with E-state index >= 15 is 0 Å². The Labute approximate surface area is 190 Å². The highest BCUT2D eigenvalue weighted by molar-refractivity contribution is 6.15. The van der Waals surface area contributed by atoms with Gasteiger partial charge in [0.05, 0.1) is 0 Å². The first-order chi connectivity index (χ1) is 15.0. The molecule has 1 N–H and O–H groups in total. The van der Waals surface area contributed by atoms with Crippen LogP contribution in [-0.4, -0.2) is 35.6 Å². The zero-order chi connectivity index (χ0) is 23.8. The number of carbonyl (C=O) groups is 4. The normalized spacial score (nSPS) is 38.0. The van der Waals surface area contributed by atoms with Gasteiger partial charge >= 0.3 is 5.97 Å². The lowest BCUT2D eigenvalue weighted by Crippen LogP contribution is -2.51. The Kier molecular flexibility index (Phi) is 6.91. The second kappa shape index (κ2) is 9.16. The molecule has 0 unspecified atom stereocenters. The molecule has 6 nitrogen and oxygen atoms in total. The van der Waals surface area contributed by atoms with Gasteiger partial charge < -0.3 is 10.1 Å². The average Bonchev–Trinajstić information content (AvgIpc) is 2.98. The van der Waals surface area contributed by atoms with E-state index in [0.29, 0.717) is 18.8 Å². The summed E-state index contributed by atoms with van der Waals surface area (Å²) in [6.07, 6.45) is 7.21. The highest BCUT2D eigenvalue weighted by Gasteiger charge is 2.64. The van der Waals surface area contributed by atoms with Crippen molar-refractivity contribution < 1.29 is 23.9 Å². The minimum Gasteiger partial charge on any atom is -0.454 e. The number of esters is 1. The van der Waals surface area contributed by atoms with Crippen LogP contribution >= 0.6 is 0 Å². The van der Waals surface area contributed by atoms with Gasteiger partial charge in [-0.15, -0.1) is 0 Å². The number of ether oxygens (including phenoxy) is 1. The van der Waals surface area contributed by atoms with Crippen molar-refractivity contribution in [2.45, 2.75) is 73.0 Å². The minimum atomic E-state index is -1.28. The minimum absolute atomic E-state index is 0.0506. The molecule has 0 bridgehead atoms. The lowest BCUT2D eigenvalue weighted by molar-refractivity contribution is -0.151. The number of carbonyl (C=O) groups excluding carboxylic acids is 4. The standard InChI is InChI=1S/C26H35NO5/c1-14(2)11-20-24-17(5)16(4)13-19-12-15(3)7-9-22(32-18(6)28)21(29)8-10-23(30)26(19,24)25(31)27-20/h8,10,12-14,17,19-20,22,24H,7,9,11H2,1-6H3,(H,27,31)/b10-8+,15-12+/t17-,19+,20+,22+,24+,26-/m1/s1. The number of nitrogens with one attached hydrogen (secondary N) is 1. The summed E-state index contributed by atoms with van der Waals surface area (Å²) in [7, 11) is 0. The molecule has 3 rings (SSSR count). The summed E-state index contributed by atoms with van der Waals surface area (Å²) >= 11 is 0. The predicted molar refractivity (Wildman–Crippen MR) is 121 cm³/mol. The van der Waals surface area contributed by atoms with Crippen LogP contribution < -0.4 is 5.32 Å². The molecule has 6 heteroatoms. The van der Waals surface area contributed by atoms with E-state index in [4.69, 9.17) is 4.74 Å². The lowest BCUT2D eigenvalue weighted by atomic mass is 9.55. The fourth-order valence-corrected chi connectivity index (χ4v) is 5.76. The van der Waals surface area contributed by atoms with Crippen molar-refractivity contribution in [3.05, 3.63) is 35.5 Å². The molecule has 0 aromatic rings. The van der Waals surface area contributed by atoms with Crippen LogP contribution in [0.3, 0.4) is 0 Å². The van der Waals surface area contributed by atoms with E-state index in [2.05, 4.69) is 39.1 Å². The van der Waals surface area contributed by atoms with Gasteiger partial charge in [0.25, 0.3) is 0 Å². The third-order valence-corrected chi connectivity index (χ3v) is 7.30. The van der Waals surface area contributed by atoms with E-state index in [1.807, 2.05) is 13.0 Å². The smallest absolute Gasteiger partial charge is 0.303 e. The SMILES string of the molecule is CC(=O)O[C@H]1CC/C(C)=C/[C@H]2C=C(C)[C@@H](C)[C@H]3[C@H](CC(C)C)NC(=O)[C@]32C(=O)/C=C/C1=O. The maximum Gasteiger partial charge on any atom is 0.303 e. The number of amides is 1. The van der Waals surface area contributed by atoms with Crippen LogP contribution in [0.25, 0.3) is 0 Å². The molecule has 1 saturated heterocycles. The Balaban J connectivity index is 2.16. The molecule has 0 aromatic carbocycles. The highest BCUT2D eigenvalue weighted by atomic mass is 16.5. The van der Waals surface area contributed by atoms with Crippen molar-refractivity contribution in [2.24, 2.45) is 29.1 Å². The Morgan fingerprint density at radius 3 is 2.50 bits per heavy atom. The van der Waals surface area contributed by atoms with E-state index in [9.17, 15) is 19.2 Å². The van der Waals surface area contributed by atoms with Gasteiger partial charge in [-0.3, -0.25) is 19.2 Å². The number of ketones is 2. The molecule has 0 saturated carbocycles. The lowest BCUT2D eigenvalue weighted by Gasteiger charge is -2.44. The maximum absolute atomic E-state index is 13.8. The van der Waals surface area contributed by atoms with Crippen LogP contribution in [0.2, 0.25) is 0 Å². The van der Waals surface area contributed by atoms with E-state index in [1.54, 1.807) is 0 Å². The average molecular weight is 442 g/mol. The van der Waals surface area contributed by atoms with Gasteiger partial charge in [0, 0.05) is 24.8 Å². The molecule has 1 spiro atoms. The summed E-state index contributed by atoms with van der Waals surface area (Å²) in [6.45, 7) is 11.6. The van der Waals surface area contributed by atoms with E-state index in [1.165, 1.54) is 24.6 Å². The molecule has 2 aliphatic carbocycles. The highest BCUT2D eigenvalue weighted by Crippen LogP contribution is 2.55. The van der Waals surface area contributed by atoms with Crippen molar-refractivity contribution in [1.29, 1.82) is 0 Å². The molecular weight excluding hydrogens is 406 g/mol. The third-order valence-electron chi connectivity index (χ3n) is 7.30. The van der Waals surface area contributed by atoms with Gasteiger partial charge in [0.2, 0.25) is 5.91 Å². The van der Waals surface area contributed by atoms with Crippen molar-refractivity contribution >= 4 is 23.4 Å². The number of allylic oxidation sites excluding steroid dienone is 5. The zero-order valence-electron chi connectivity index (χ0n) is 19.9. The molecular formula is C26H35NO5. The quantitative estimate of drug-likeness (QED) is 0.410. The van der Waals surface area contributed by atoms with Crippen molar-refractivity contribution in [3.63, 3.8) is 0 Å². The Hall–Kier alpha value is -2.50. The second-order valence-electron chi connectivity index (χ2n) is 10.1. The van der Waals surface area contributed by atoms with Crippen LogP contribution in [-0.2, 0) is 23.9 Å². The van der Waals surface area contributed by atoms with Crippen molar-refractivity contribution in [2.75, 3.05) is 0 Å². The summed E-state index contributed by atoms with van der Waals surface area (Å²) in [5.41, 5.74) is 0.856. The summed E-state index contributed by atoms with van der Waals surface area (Å²) in [5.74, 6) is -1.75. The molecule has 174 valence electrons. The molecule has 6 atom stereocenters. The third kappa shape index (κ3) is 4.24. The number of hydrogen-bond acceptors (Lipinski definition) is 5. The van der Waals surface area contributed by atoms with Gasteiger partial charge in [-0.2, -0.15) is 0 Å². The monoisotopic (exact) mass is 441 g/mol. The van der Waals surface area contributed by atoms with Crippen LogP contribution in [0.4, 0.5) is 0 Å². The molecule has 1 heterocycles. The topological polar surface area (TPSA) is 89.5 Å². The second-order valence-corrected chi connectivity index (χ2v) is 10.1. The van der Waals surface area contributed by atoms with E-state index in [-0.39, 0.29) is 29.6 Å². The molecule has 3 aliphatic rings. The Morgan fingerprint density at radius 1 is 1.19 bits per heavy atom. The molecule has 0 aromatic heterocycles. The number of rotatable bonds is 3. The molecule has 1 amide bonds. The Morgan fingerprint density at radius 2 is 1.88 bits per heavy atom. The van der Waals surface area contributed by atoms with Crippen LogP contribution in [0.15, 0.2) is 35.5 Å². The van der Waals surface area contributed by atoms with Crippen molar-refractivity contribution in [3.8, 4) is 0 Å². The van der Waals surface area contributed by atoms with Crippen LogP contribution in [0.1, 0.15) is 60.8 Å². The molecule has 32 heavy (non-hydrogen) atoms. The fraction of sp³-hybridized carbons (Fsp3) is 0.615. The summed E-state index contributed by atoms with van der Waals surface area (Å²) < 4.78 is 5.21. The Bertz CT molecular complexity index is 911. The van der Waals surface area contributed by atoms with E-state index < -0.39 is 29.2 Å². The van der Waals surface area contributed by atoms with Crippen LogP contribution in [0, 0.1) is 29.1 Å². The molecule has 0 radical (unpaired) electrons. The van der Waals surface area contributed by atoms with Gasteiger partial charge in [0.15, 0.2) is 17.7 Å². The first-order valence-electron chi connectivity index (χ1n) is 11.6. The predicted octanol–water partition coefficient (Wildman–Crippen LogP) is 3.71. The maximum atomic E-state index is 13.8. The fourth-order valence-electron chi connectivity index (χ4n) is 5.76. The largest absolute Gasteiger partial charge is 0.454 e. The van der Waals surface area contributed by atoms with Gasteiger partial charge in [0.1, 0.15) is 5.41 Å². The summed E-state index contributed by atoms with van der Waals surface area (Å²) in [4.78, 5) is 51.6.